The molecule has 30 heavy (non-hydrogen) atoms. The van der Waals surface area contributed by atoms with Gasteiger partial charge in [0.1, 0.15) is 5.15 Å². The number of benzene rings is 1. The zero-order valence-corrected chi connectivity index (χ0v) is 17.9. The van der Waals surface area contributed by atoms with E-state index in [1.54, 1.807) is 31.5 Å². The van der Waals surface area contributed by atoms with Gasteiger partial charge in [0.05, 0.1) is 21.9 Å². The van der Waals surface area contributed by atoms with E-state index in [1.807, 2.05) is 0 Å². The molecule has 1 aliphatic rings. The van der Waals surface area contributed by atoms with Crippen LogP contribution in [-0.4, -0.2) is 42.6 Å². The smallest absolute Gasteiger partial charge is 0.238 e. The van der Waals surface area contributed by atoms with Gasteiger partial charge in [0, 0.05) is 36.7 Å². The predicted octanol–water partition coefficient (Wildman–Crippen LogP) is 3.36. The molecule has 3 aromatic rings. The van der Waals surface area contributed by atoms with E-state index in [1.165, 1.54) is 12.3 Å². The van der Waals surface area contributed by atoms with Gasteiger partial charge in [-0.05, 0) is 31.7 Å². The van der Waals surface area contributed by atoms with Crippen LogP contribution in [-0.2, 0) is 14.8 Å². The molecule has 4 rings (SSSR count). The largest absolute Gasteiger partial charge is 0.381 e. The molecule has 10 heteroatoms. The van der Waals surface area contributed by atoms with Crippen molar-refractivity contribution < 1.29 is 13.2 Å². The summed E-state index contributed by atoms with van der Waals surface area (Å²) in [7, 11) is -2.19. The van der Waals surface area contributed by atoms with Crippen LogP contribution in [0.2, 0.25) is 5.15 Å². The number of fused-ring (bicyclic) bond motifs is 1. The Morgan fingerprint density at radius 3 is 2.53 bits per heavy atom. The number of hydrogen-bond donors (Lipinski definition) is 2. The number of ether oxygens (including phenoxy) is 1. The van der Waals surface area contributed by atoms with Gasteiger partial charge >= 0.3 is 0 Å². The van der Waals surface area contributed by atoms with Crippen LogP contribution in [0.25, 0.3) is 22.0 Å². The van der Waals surface area contributed by atoms with Crippen molar-refractivity contribution in [2.24, 2.45) is 5.14 Å². The van der Waals surface area contributed by atoms with E-state index in [9.17, 15) is 8.42 Å². The van der Waals surface area contributed by atoms with Gasteiger partial charge in [0.25, 0.3) is 0 Å². The maximum atomic E-state index is 12.1. The molecule has 1 fully saturated rings. The lowest BCUT2D eigenvalue weighted by atomic mass is 9.93. The summed E-state index contributed by atoms with van der Waals surface area (Å²) in [4.78, 5) is 13.2. The lowest BCUT2D eigenvalue weighted by Crippen LogP contribution is -2.29. The molecule has 1 aromatic carbocycles. The molecule has 0 aliphatic heterocycles. The second-order valence-electron chi connectivity index (χ2n) is 7.31. The summed E-state index contributed by atoms with van der Waals surface area (Å²) in [5.74, 6) is 0.458. The molecule has 0 amide bonds. The fourth-order valence-corrected chi connectivity index (χ4v) is 4.76. The Hall–Kier alpha value is -2.33. The van der Waals surface area contributed by atoms with Gasteiger partial charge < -0.3 is 10.1 Å². The molecule has 0 atom stereocenters. The molecule has 2 heterocycles. The summed E-state index contributed by atoms with van der Waals surface area (Å²) < 4.78 is 29.6. The van der Waals surface area contributed by atoms with Crippen molar-refractivity contribution in [3.8, 4) is 11.1 Å². The number of pyridine rings is 1. The fraction of sp³-hybridized carbons (Fsp3) is 0.350. The minimum atomic E-state index is -3.93. The molecular weight excluding hydrogens is 426 g/mol. The third kappa shape index (κ3) is 4.24. The first-order valence-electron chi connectivity index (χ1n) is 9.59. The first-order chi connectivity index (χ1) is 14.4. The third-order valence-corrected chi connectivity index (χ3v) is 6.67. The summed E-state index contributed by atoms with van der Waals surface area (Å²) >= 11 is 6.25. The Morgan fingerprint density at radius 1 is 1.10 bits per heavy atom. The highest BCUT2D eigenvalue weighted by molar-refractivity contribution is 7.89. The number of aromatic nitrogens is 3. The summed E-state index contributed by atoms with van der Waals surface area (Å²) in [5, 5.41) is 9.57. The van der Waals surface area contributed by atoms with E-state index < -0.39 is 10.0 Å². The second-order valence-corrected chi connectivity index (χ2v) is 9.20. The lowest BCUT2D eigenvalue weighted by Gasteiger charge is -2.28. The third-order valence-electron chi connectivity index (χ3n) is 5.40. The van der Waals surface area contributed by atoms with Crippen LogP contribution in [0.1, 0.15) is 25.7 Å². The number of nitrogens with zero attached hydrogens (tertiary/aromatic N) is 3. The molecule has 158 valence electrons. The number of sulfonamides is 1. The first kappa shape index (κ1) is 20.9. The highest BCUT2D eigenvalue weighted by atomic mass is 35.5. The number of halogens is 1. The van der Waals surface area contributed by atoms with Crippen LogP contribution in [0, 0.1) is 0 Å². The predicted molar refractivity (Wildman–Crippen MR) is 116 cm³/mol. The van der Waals surface area contributed by atoms with E-state index in [-0.39, 0.29) is 16.1 Å². The van der Waals surface area contributed by atoms with Gasteiger partial charge in [-0.3, -0.25) is 0 Å². The number of hydrogen-bond acceptors (Lipinski definition) is 7. The SMILES string of the molecule is COC1CCC(Nc2ncc3c(Cl)ncc(-c4ccccc4S(N)(=O)=O)c3n2)CC1. The van der Waals surface area contributed by atoms with Gasteiger partial charge in [-0.25, -0.2) is 28.5 Å². The first-order valence-corrected chi connectivity index (χ1v) is 11.5. The molecule has 3 N–H and O–H groups in total. The van der Waals surface area contributed by atoms with Crippen molar-refractivity contribution in [1.29, 1.82) is 0 Å². The van der Waals surface area contributed by atoms with Crippen LogP contribution in [0.5, 0.6) is 0 Å². The molecule has 1 saturated carbocycles. The maximum absolute atomic E-state index is 12.1. The van der Waals surface area contributed by atoms with Gasteiger partial charge in [-0.2, -0.15) is 0 Å². The van der Waals surface area contributed by atoms with Crippen molar-refractivity contribution in [3.05, 3.63) is 41.8 Å². The second kappa shape index (κ2) is 8.43. The van der Waals surface area contributed by atoms with Gasteiger partial charge in [0.15, 0.2) is 0 Å². The number of nitrogens with two attached hydrogens (primary N) is 1. The molecule has 8 nitrogen and oxygen atoms in total. The zero-order valence-electron chi connectivity index (χ0n) is 16.4. The summed E-state index contributed by atoms with van der Waals surface area (Å²) in [6, 6.07) is 6.73. The van der Waals surface area contributed by atoms with E-state index in [2.05, 4.69) is 20.3 Å². The van der Waals surface area contributed by atoms with Crippen molar-refractivity contribution in [3.63, 3.8) is 0 Å². The number of anilines is 1. The molecule has 1 aliphatic carbocycles. The summed E-state index contributed by atoms with van der Waals surface area (Å²) in [6.45, 7) is 0. The Bertz CT molecular complexity index is 1180. The minimum absolute atomic E-state index is 0.00133. The Balaban J connectivity index is 1.76. The van der Waals surface area contributed by atoms with Crippen LogP contribution in [0.15, 0.2) is 41.6 Å². The fourth-order valence-electron chi connectivity index (χ4n) is 3.82. The highest BCUT2D eigenvalue weighted by Gasteiger charge is 2.22. The van der Waals surface area contributed by atoms with Crippen molar-refractivity contribution >= 4 is 38.5 Å². The van der Waals surface area contributed by atoms with Crippen LogP contribution >= 0.6 is 11.6 Å². The van der Waals surface area contributed by atoms with Crippen LogP contribution < -0.4 is 10.5 Å². The molecule has 0 saturated heterocycles. The molecular formula is C20H22ClN5O3S. The van der Waals surface area contributed by atoms with Crippen molar-refractivity contribution in [2.45, 2.75) is 42.7 Å². The van der Waals surface area contributed by atoms with Crippen molar-refractivity contribution in [2.75, 3.05) is 12.4 Å². The molecule has 0 radical (unpaired) electrons. The Morgan fingerprint density at radius 2 is 1.83 bits per heavy atom. The quantitative estimate of drug-likeness (QED) is 0.575. The molecule has 0 unspecified atom stereocenters. The Kier molecular flexibility index (Phi) is 5.88. The maximum Gasteiger partial charge on any atom is 0.238 e. The topological polar surface area (TPSA) is 120 Å². The lowest BCUT2D eigenvalue weighted by molar-refractivity contribution is 0.0681. The number of nitrogens with one attached hydrogen (secondary N) is 1. The van der Waals surface area contributed by atoms with E-state index >= 15 is 0 Å². The van der Waals surface area contributed by atoms with Gasteiger partial charge in [0.2, 0.25) is 16.0 Å². The van der Waals surface area contributed by atoms with E-state index in [0.717, 1.165) is 25.7 Å². The summed E-state index contributed by atoms with van der Waals surface area (Å²) in [5.41, 5.74) is 1.45. The number of primary sulfonamides is 1. The van der Waals surface area contributed by atoms with Crippen LogP contribution in [0.4, 0.5) is 5.95 Å². The molecule has 0 spiro atoms. The van der Waals surface area contributed by atoms with Crippen LogP contribution in [0.3, 0.4) is 0 Å². The highest BCUT2D eigenvalue weighted by Crippen LogP contribution is 2.34. The average molecular weight is 448 g/mol. The zero-order chi connectivity index (χ0) is 21.3. The molecule has 0 bridgehead atoms. The van der Waals surface area contributed by atoms with Gasteiger partial charge in [-0.1, -0.05) is 29.8 Å². The minimum Gasteiger partial charge on any atom is -0.381 e. The van der Waals surface area contributed by atoms with Gasteiger partial charge in [-0.15, -0.1) is 0 Å². The average Bonchev–Trinajstić information content (AvgIpc) is 2.74. The molecule has 2 aromatic heterocycles. The standard InChI is InChI=1S/C20H22ClN5O3S/c1-29-13-8-6-12(7-9-13)25-20-24-11-16-18(26-20)15(10-23-19(16)21)14-4-2-3-5-17(14)30(22,27)28/h2-5,10-13H,6-9H2,1H3,(H2,22,27,28)(H,24,25,26). The van der Waals surface area contributed by atoms with E-state index in [0.29, 0.717) is 34.1 Å². The van der Waals surface area contributed by atoms with E-state index in [4.69, 9.17) is 21.5 Å². The number of methoxy groups -OCH3 is 1. The van der Waals surface area contributed by atoms with Crippen molar-refractivity contribution in [1.82, 2.24) is 15.0 Å². The number of rotatable bonds is 5. The normalized spacial score (nSPS) is 19.7. The monoisotopic (exact) mass is 447 g/mol. The Labute approximate surface area is 179 Å². The summed E-state index contributed by atoms with van der Waals surface area (Å²) in [6.07, 6.45) is 7.27.